The van der Waals surface area contributed by atoms with Gasteiger partial charge in [0.25, 0.3) is 10.0 Å². The number of phenolic OH excluding ortho intramolecular Hbond substituents is 1. The molecule has 1 N–H and O–H groups in total. The number of aromatic hydroxyl groups is 1. The van der Waals surface area contributed by atoms with Crippen molar-refractivity contribution in [3.8, 4) is 16.2 Å². The molecule has 0 bridgehead atoms. The van der Waals surface area contributed by atoms with Gasteiger partial charge in [-0.3, -0.25) is 0 Å². The third kappa shape index (κ3) is 2.82. The Kier molecular flexibility index (Phi) is 3.99. The Morgan fingerprint density at radius 3 is 2.52 bits per heavy atom. The molecule has 5 nitrogen and oxygen atoms in total. The summed E-state index contributed by atoms with van der Waals surface area (Å²) in [5.74, 6) is 0.148. The van der Waals surface area contributed by atoms with E-state index in [1.807, 2.05) is 6.07 Å². The largest absolute Gasteiger partial charge is 0.507 e. The molecule has 1 fully saturated rings. The normalized spacial score (nSPS) is 17.0. The molecule has 0 spiro atoms. The molecule has 1 aliphatic heterocycles. The van der Waals surface area contributed by atoms with Gasteiger partial charge in [-0.2, -0.15) is 4.31 Å². The lowest BCUT2D eigenvalue weighted by Crippen LogP contribution is -2.40. The molecule has 3 rings (SSSR count). The molecule has 0 saturated carbocycles. The van der Waals surface area contributed by atoms with Gasteiger partial charge in [0, 0.05) is 23.5 Å². The van der Waals surface area contributed by atoms with Gasteiger partial charge >= 0.3 is 0 Å². The summed E-state index contributed by atoms with van der Waals surface area (Å²) < 4.78 is 32.0. The maximum absolute atomic E-state index is 12.5. The quantitative estimate of drug-likeness (QED) is 0.939. The second-order valence-electron chi connectivity index (χ2n) is 4.65. The van der Waals surface area contributed by atoms with Crippen molar-refractivity contribution < 1.29 is 18.3 Å². The van der Waals surface area contributed by atoms with E-state index in [0.29, 0.717) is 36.1 Å². The number of para-hydroxylation sites is 1. The molecule has 0 radical (unpaired) electrons. The maximum Gasteiger partial charge on any atom is 0.252 e. The van der Waals surface area contributed by atoms with Crippen molar-refractivity contribution in [2.45, 2.75) is 4.21 Å². The third-order valence-corrected chi connectivity index (χ3v) is 6.80. The van der Waals surface area contributed by atoms with Crippen LogP contribution >= 0.6 is 11.3 Å². The van der Waals surface area contributed by atoms with E-state index < -0.39 is 10.0 Å². The first-order valence-corrected chi connectivity index (χ1v) is 8.81. The van der Waals surface area contributed by atoms with Crippen LogP contribution in [0.15, 0.2) is 40.6 Å². The van der Waals surface area contributed by atoms with Crippen molar-refractivity contribution in [3.05, 3.63) is 36.4 Å². The lowest BCUT2D eigenvalue weighted by molar-refractivity contribution is 0.0731. The number of morpholine rings is 1. The first kappa shape index (κ1) is 14.5. The molecule has 1 aromatic carbocycles. The number of phenols is 1. The maximum atomic E-state index is 12.5. The molecule has 2 aromatic rings. The summed E-state index contributed by atoms with van der Waals surface area (Å²) in [5, 5.41) is 9.86. The third-order valence-electron chi connectivity index (χ3n) is 3.32. The number of benzene rings is 1. The van der Waals surface area contributed by atoms with Crippen LogP contribution in [0.4, 0.5) is 0 Å². The van der Waals surface area contributed by atoms with E-state index in [-0.39, 0.29) is 5.75 Å². The fraction of sp³-hybridized carbons (Fsp3) is 0.286. The number of hydrogen-bond acceptors (Lipinski definition) is 5. The van der Waals surface area contributed by atoms with Gasteiger partial charge in [0.15, 0.2) is 0 Å². The summed E-state index contributed by atoms with van der Waals surface area (Å²) in [6.45, 7) is 1.62. The Hall–Kier alpha value is -1.41. The van der Waals surface area contributed by atoms with Gasteiger partial charge in [0.1, 0.15) is 9.96 Å². The average Bonchev–Trinajstić information content (AvgIpc) is 2.99. The zero-order chi connectivity index (χ0) is 14.9. The van der Waals surface area contributed by atoms with Crippen LogP contribution in [0.25, 0.3) is 10.4 Å². The van der Waals surface area contributed by atoms with Crippen molar-refractivity contribution in [1.82, 2.24) is 4.31 Å². The molecule has 7 heteroatoms. The molecule has 1 saturated heterocycles. The minimum absolute atomic E-state index is 0.148. The standard InChI is InChI=1S/C14H15NO4S2/c16-12-4-2-1-3-11(12)13-5-6-14(20-13)21(17,18)15-7-9-19-10-8-15/h1-6,16H,7-10H2. The van der Waals surface area contributed by atoms with Gasteiger partial charge in [-0.05, 0) is 24.3 Å². The number of rotatable bonds is 3. The summed E-state index contributed by atoms with van der Waals surface area (Å²) in [5.41, 5.74) is 0.644. The van der Waals surface area contributed by atoms with E-state index in [1.54, 1.807) is 30.3 Å². The molecule has 1 aromatic heterocycles. The Morgan fingerprint density at radius 1 is 1.10 bits per heavy atom. The highest BCUT2D eigenvalue weighted by Gasteiger charge is 2.28. The van der Waals surface area contributed by atoms with Gasteiger partial charge in [0.2, 0.25) is 0 Å². The first-order valence-electron chi connectivity index (χ1n) is 6.55. The predicted molar refractivity (Wildman–Crippen MR) is 81.0 cm³/mol. The molecule has 0 aliphatic carbocycles. The van der Waals surface area contributed by atoms with E-state index in [2.05, 4.69) is 0 Å². The SMILES string of the molecule is O=S(=O)(c1ccc(-c2ccccc2O)s1)N1CCOCC1. The smallest absolute Gasteiger partial charge is 0.252 e. The molecular formula is C14H15NO4S2. The van der Waals surface area contributed by atoms with Gasteiger partial charge < -0.3 is 9.84 Å². The van der Waals surface area contributed by atoms with E-state index in [0.717, 1.165) is 4.88 Å². The summed E-state index contributed by atoms with van der Waals surface area (Å²) in [6.07, 6.45) is 0. The Labute approximate surface area is 127 Å². The summed E-state index contributed by atoms with van der Waals surface area (Å²) in [4.78, 5) is 0.736. The first-order chi connectivity index (χ1) is 10.1. The van der Waals surface area contributed by atoms with Crippen molar-refractivity contribution >= 4 is 21.4 Å². The average molecular weight is 325 g/mol. The molecule has 112 valence electrons. The van der Waals surface area contributed by atoms with Gasteiger partial charge in [0.05, 0.1) is 13.2 Å². The van der Waals surface area contributed by atoms with E-state index in [1.165, 1.54) is 15.6 Å². The van der Waals surface area contributed by atoms with E-state index in [9.17, 15) is 13.5 Å². The summed E-state index contributed by atoms with van der Waals surface area (Å²) in [6, 6.07) is 10.2. The Balaban J connectivity index is 1.93. The minimum Gasteiger partial charge on any atom is -0.507 e. The van der Waals surface area contributed by atoms with Gasteiger partial charge in [-0.15, -0.1) is 11.3 Å². The van der Waals surface area contributed by atoms with Crippen LogP contribution in [0.3, 0.4) is 0 Å². The Morgan fingerprint density at radius 2 is 1.81 bits per heavy atom. The molecular weight excluding hydrogens is 310 g/mol. The lowest BCUT2D eigenvalue weighted by Gasteiger charge is -2.25. The van der Waals surface area contributed by atoms with Crippen LogP contribution < -0.4 is 0 Å². The monoisotopic (exact) mass is 325 g/mol. The van der Waals surface area contributed by atoms with Crippen molar-refractivity contribution in [2.24, 2.45) is 0 Å². The molecule has 1 aliphatic rings. The highest BCUT2D eigenvalue weighted by Crippen LogP contribution is 2.36. The van der Waals surface area contributed by atoms with Crippen molar-refractivity contribution in [1.29, 1.82) is 0 Å². The van der Waals surface area contributed by atoms with Gasteiger partial charge in [-0.25, -0.2) is 8.42 Å². The highest BCUT2D eigenvalue weighted by molar-refractivity contribution is 7.91. The molecule has 0 atom stereocenters. The van der Waals surface area contributed by atoms with Crippen LogP contribution in [0.2, 0.25) is 0 Å². The second-order valence-corrected chi connectivity index (χ2v) is 7.90. The molecule has 0 amide bonds. The van der Waals surface area contributed by atoms with Crippen molar-refractivity contribution in [2.75, 3.05) is 26.3 Å². The molecule has 21 heavy (non-hydrogen) atoms. The zero-order valence-corrected chi connectivity index (χ0v) is 12.9. The van der Waals surface area contributed by atoms with Crippen LogP contribution in [-0.2, 0) is 14.8 Å². The number of hydrogen-bond donors (Lipinski definition) is 1. The second kappa shape index (κ2) is 5.76. The lowest BCUT2D eigenvalue weighted by atomic mass is 10.2. The fourth-order valence-electron chi connectivity index (χ4n) is 2.20. The van der Waals surface area contributed by atoms with Crippen LogP contribution in [0.5, 0.6) is 5.75 Å². The fourth-order valence-corrected chi connectivity index (χ4v) is 5.10. The number of ether oxygens (including phenoxy) is 1. The highest BCUT2D eigenvalue weighted by atomic mass is 32.2. The van der Waals surface area contributed by atoms with Gasteiger partial charge in [-0.1, -0.05) is 12.1 Å². The topological polar surface area (TPSA) is 66.8 Å². The zero-order valence-electron chi connectivity index (χ0n) is 11.2. The van der Waals surface area contributed by atoms with E-state index >= 15 is 0 Å². The summed E-state index contributed by atoms with van der Waals surface area (Å²) >= 11 is 1.17. The van der Waals surface area contributed by atoms with E-state index in [4.69, 9.17) is 4.74 Å². The number of nitrogens with zero attached hydrogens (tertiary/aromatic N) is 1. The van der Waals surface area contributed by atoms with Crippen LogP contribution in [-0.4, -0.2) is 44.1 Å². The minimum atomic E-state index is -3.47. The predicted octanol–water partition coefficient (Wildman–Crippen LogP) is 2.14. The Bertz CT molecular complexity index is 733. The van der Waals surface area contributed by atoms with Crippen LogP contribution in [0, 0.1) is 0 Å². The molecule has 2 heterocycles. The summed E-state index contributed by atoms with van der Waals surface area (Å²) in [7, 11) is -3.47. The number of sulfonamides is 1. The number of thiophene rings is 1. The van der Waals surface area contributed by atoms with Crippen molar-refractivity contribution in [3.63, 3.8) is 0 Å². The molecule has 0 unspecified atom stereocenters. The van der Waals surface area contributed by atoms with Crippen LogP contribution in [0.1, 0.15) is 0 Å².